The summed E-state index contributed by atoms with van der Waals surface area (Å²) in [5.41, 5.74) is 0. The molecule has 6 heteroatoms. The van der Waals surface area contributed by atoms with Crippen LogP contribution in [0.25, 0.3) is 0 Å². The molecule has 0 bridgehead atoms. The summed E-state index contributed by atoms with van der Waals surface area (Å²) >= 11 is 1.80. The van der Waals surface area contributed by atoms with Crippen LogP contribution >= 0.6 is 11.8 Å². The molecule has 2 rings (SSSR count). The van der Waals surface area contributed by atoms with Crippen molar-refractivity contribution in [2.45, 2.75) is 38.8 Å². The van der Waals surface area contributed by atoms with E-state index in [-0.39, 0.29) is 6.04 Å². The zero-order valence-electron chi connectivity index (χ0n) is 10.6. The number of nitrogens with one attached hydrogen (secondary N) is 1. The SMILES string of the molecule is CCC1CCSC(NC(C)c2nncn2C)=N1. The fourth-order valence-electron chi connectivity index (χ4n) is 1.87. The average molecular weight is 253 g/mol. The van der Waals surface area contributed by atoms with Crippen LogP contribution in [0.2, 0.25) is 0 Å². The van der Waals surface area contributed by atoms with Gasteiger partial charge in [-0.3, -0.25) is 4.99 Å². The summed E-state index contributed by atoms with van der Waals surface area (Å²) in [4.78, 5) is 4.69. The van der Waals surface area contributed by atoms with Gasteiger partial charge in [0.1, 0.15) is 6.33 Å². The van der Waals surface area contributed by atoms with Gasteiger partial charge in [0.25, 0.3) is 0 Å². The van der Waals surface area contributed by atoms with E-state index in [1.54, 1.807) is 18.1 Å². The van der Waals surface area contributed by atoms with Crippen LogP contribution in [0.3, 0.4) is 0 Å². The predicted octanol–water partition coefficient (Wildman–Crippen LogP) is 1.74. The van der Waals surface area contributed by atoms with E-state index in [9.17, 15) is 0 Å². The highest BCUT2D eigenvalue weighted by Gasteiger charge is 2.18. The minimum Gasteiger partial charge on any atom is -0.355 e. The van der Waals surface area contributed by atoms with Crippen molar-refractivity contribution < 1.29 is 0 Å². The summed E-state index contributed by atoms with van der Waals surface area (Å²) in [6.07, 6.45) is 4.02. The van der Waals surface area contributed by atoms with Crippen molar-refractivity contribution >= 4 is 16.9 Å². The number of amidine groups is 1. The Hall–Kier alpha value is -1.04. The molecule has 0 aromatic carbocycles. The van der Waals surface area contributed by atoms with Gasteiger partial charge in [0.05, 0.1) is 12.1 Å². The van der Waals surface area contributed by atoms with Gasteiger partial charge in [-0.1, -0.05) is 18.7 Å². The van der Waals surface area contributed by atoms with Gasteiger partial charge < -0.3 is 9.88 Å². The molecule has 1 N–H and O–H groups in total. The highest BCUT2D eigenvalue weighted by Crippen LogP contribution is 2.20. The number of hydrogen-bond donors (Lipinski definition) is 1. The van der Waals surface area contributed by atoms with Crippen LogP contribution < -0.4 is 5.32 Å². The summed E-state index contributed by atoms with van der Waals surface area (Å²) in [6.45, 7) is 4.27. The van der Waals surface area contributed by atoms with Gasteiger partial charge >= 0.3 is 0 Å². The van der Waals surface area contributed by atoms with Crippen molar-refractivity contribution in [1.82, 2.24) is 20.1 Å². The first-order valence-electron chi connectivity index (χ1n) is 6.01. The van der Waals surface area contributed by atoms with Gasteiger partial charge in [-0.05, 0) is 19.8 Å². The first kappa shape index (κ1) is 12.4. The smallest absolute Gasteiger partial charge is 0.157 e. The molecular formula is C11H19N5S. The van der Waals surface area contributed by atoms with E-state index in [2.05, 4.69) is 29.4 Å². The van der Waals surface area contributed by atoms with Crippen LogP contribution in [0.15, 0.2) is 11.3 Å². The van der Waals surface area contributed by atoms with Crippen LogP contribution in [0.1, 0.15) is 38.6 Å². The van der Waals surface area contributed by atoms with Crippen molar-refractivity contribution in [1.29, 1.82) is 0 Å². The molecule has 2 atom stereocenters. The number of thioether (sulfide) groups is 1. The van der Waals surface area contributed by atoms with Crippen LogP contribution in [-0.4, -0.2) is 31.7 Å². The van der Waals surface area contributed by atoms with Crippen LogP contribution in [0.5, 0.6) is 0 Å². The van der Waals surface area contributed by atoms with Gasteiger partial charge in [-0.25, -0.2) is 0 Å². The van der Waals surface area contributed by atoms with E-state index in [4.69, 9.17) is 4.99 Å². The van der Waals surface area contributed by atoms with Crippen molar-refractivity contribution in [2.75, 3.05) is 5.75 Å². The highest BCUT2D eigenvalue weighted by molar-refractivity contribution is 8.13. The molecule has 0 spiro atoms. The lowest BCUT2D eigenvalue weighted by Crippen LogP contribution is -2.30. The van der Waals surface area contributed by atoms with E-state index in [0.29, 0.717) is 6.04 Å². The van der Waals surface area contributed by atoms with Crippen molar-refractivity contribution in [3.63, 3.8) is 0 Å². The fraction of sp³-hybridized carbons (Fsp3) is 0.727. The van der Waals surface area contributed by atoms with E-state index in [0.717, 1.165) is 23.2 Å². The third-order valence-corrected chi connectivity index (χ3v) is 3.87. The van der Waals surface area contributed by atoms with Crippen molar-refractivity contribution in [3.05, 3.63) is 12.2 Å². The predicted molar refractivity (Wildman–Crippen MR) is 71.1 cm³/mol. The lowest BCUT2D eigenvalue weighted by molar-refractivity contribution is 0.603. The Bertz CT molecular complexity index is 400. The van der Waals surface area contributed by atoms with Crippen molar-refractivity contribution in [2.24, 2.45) is 12.0 Å². The van der Waals surface area contributed by atoms with Gasteiger partial charge in [-0.15, -0.1) is 10.2 Å². The molecule has 0 radical (unpaired) electrons. The molecule has 0 amide bonds. The minimum atomic E-state index is 0.143. The molecule has 1 aliphatic heterocycles. The topological polar surface area (TPSA) is 55.1 Å². The monoisotopic (exact) mass is 253 g/mol. The number of aliphatic imine (C=N–C) groups is 1. The summed E-state index contributed by atoms with van der Waals surface area (Å²) in [6, 6.07) is 0.620. The number of rotatable bonds is 3. The minimum absolute atomic E-state index is 0.143. The third kappa shape index (κ3) is 3.00. The maximum Gasteiger partial charge on any atom is 0.157 e. The van der Waals surface area contributed by atoms with Crippen LogP contribution in [-0.2, 0) is 7.05 Å². The number of aryl methyl sites for hydroxylation is 1. The average Bonchev–Trinajstić information content (AvgIpc) is 2.76. The van der Waals surface area contributed by atoms with E-state index >= 15 is 0 Å². The van der Waals surface area contributed by atoms with Gasteiger partial charge in [-0.2, -0.15) is 0 Å². The first-order chi connectivity index (χ1) is 8.20. The second-order valence-corrected chi connectivity index (χ2v) is 5.38. The second kappa shape index (κ2) is 5.53. The molecule has 0 saturated heterocycles. The van der Waals surface area contributed by atoms with Gasteiger partial charge in [0, 0.05) is 12.8 Å². The third-order valence-electron chi connectivity index (χ3n) is 2.93. The lowest BCUT2D eigenvalue weighted by Gasteiger charge is -2.22. The molecule has 17 heavy (non-hydrogen) atoms. The van der Waals surface area contributed by atoms with Crippen molar-refractivity contribution in [3.8, 4) is 0 Å². The number of nitrogens with zero attached hydrogens (tertiary/aromatic N) is 4. The second-order valence-electron chi connectivity index (χ2n) is 4.30. The first-order valence-corrected chi connectivity index (χ1v) is 7.00. The molecule has 2 unspecified atom stereocenters. The highest BCUT2D eigenvalue weighted by atomic mass is 32.2. The number of hydrogen-bond acceptors (Lipinski definition) is 5. The summed E-state index contributed by atoms with van der Waals surface area (Å²) in [5, 5.41) is 12.5. The Morgan fingerprint density at radius 3 is 3.12 bits per heavy atom. The fourth-order valence-corrected chi connectivity index (χ4v) is 2.93. The van der Waals surface area contributed by atoms with Crippen LogP contribution in [0, 0.1) is 0 Å². The van der Waals surface area contributed by atoms with Gasteiger partial charge in [0.15, 0.2) is 11.0 Å². The molecule has 1 aliphatic rings. The Morgan fingerprint density at radius 1 is 1.65 bits per heavy atom. The van der Waals surface area contributed by atoms with E-state index in [1.807, 2.05) is 11.6 Å². The van der Waals surface area contributed by atoms with Gasteiger partial charge in [0.2, 0.25) is 0 Å². The summed E-state index contributed by atoms with van der Waals surface area (Å²) in [5.74, 6) is 2.09. The molecule has 94 valence electrons. The maximum absolute atomic E-state index is 4.69. The summed E-state index contributed by atoms with van der Waals surface area (Å²) < 4.78 is 1.93. The Morgan fingerprint density at radius 2 is 2.47 bits per heavy atom. The molecule has 0 saturated carbocycles. The molecule has 5 nitrogen and oxygen atoms in total. The zero-order chi connectivity index (χ0) is 12.3. The lowest BCUT2D eigenvalue weighted by atomic mass is 10.2. The Labute approximate surface area is 106 Å². The molecular weight excluding hydrogens is 234 g/mol. The quantitative estimate of drug-likeness (QED) is 0.891. The zero-order valence-corrected chi connectivity index (χ0v) is 11.4. The molecule has 0 fully saturated rings. The molecule has 2 heterocycles. The Kier molecular flexibility index (Phi) is 4.04. The number of aromatic nitrogens is 3. The molecule has 1 aromatic heterocycles. The normalized spacial score (nSPS) is 22.1. The standard InChI is InChI=1S/C11H19N5S/c1-4-9-5-6-17-11(14-9)13-8(2)10-15-12-7-16(10)3/h7-9H,4-6H2,1-3H3,(H,13,14). The van der Waals surface area contributed by atoms with E-state index in [1.165, 1.54) is 6.42 Å². The largest absolute Gasteiger partial charge is 0.355 e. The summed E-state index contributed by atoms with van der Waals surface area (Å²) in [7, 11) is 1.96. The maximum atomic E-state index is 4.69. The Balaban J connectivity index is 2.01. The van der Waals surface area contributed by atoms with Crippen LogP contribution in [0.4, 0.5) is 0 Å². The molecule has 0 aliphatic carbocycles. The van der Waals surface area contributed by atoms with E-state index < -0.39 is 0 Å². The molecule has 1 aromatic rings.